The van der Waals surface area contributed by atoms with E-state index in [4.69, 9.17) is 5.11 Å². The van der Waals surface area contributed by atoms with Crippen molar-refractivity contribution in [2.24, 2.45) is 0 Å². The third kappa shape index (κ3) is 4.16. The van der Waals surface area contributed by atoms with Gasteiger partial charge in [0.05, 0.1) is 6.19 Å². The van der Waals surface area contributed by atoms with E-state index in [0.29, 0.717) is 12.6 Å². The molecule has 4 nitrogen and oxygen atoms in total. The SMILES string of the molecule is O=CBN[C@H](Cc1ccc(Br)cc1)C(=O)O. The van der Waals surface area contributed by atoms with Crippen LogP contribution in [0.5, 0.6) is 0 Å². The molecule has 1 atom stereocenters. The van der Waals surface area contributed by atoms with Crippen molar-refractivity contribution in [2.75, 3.05) is 0 Å². The molecule has 6 heteroatoms. The van der Waals surface area contributed by atoms with Gasteiger partial charge >= 0.3 is 5.97 Å². The Morgan fingerprint density at radius 1 is 1.50 bits per heavy atom. The van der Waals surface area contributed by atoms with Gasteiger partial charge in [0.2, 0.25) is 0 Å². The molecular weight excluding hydrogens is 273 g/mol. The van der Waals surface area contributed by atoms with Gasteiger partial charge in [0.25, 0.3) is 7.41 Å². The Morgan fingerprint density at radius 3 is 2.62 bits per heavy atom. The number of halogens is 1. The molecule has 2 N–H and O–H groups in total. The molecule has 1 aromatic rings. The first-order chi connectivity index (χ1) is 7.63. The van der Waals surface area contributed by atoms with Crippen molar-refractivity contribution in [3.63, 3.8) is 0 Å². The van der Waals surface area contributed by atoms with Crippen LogP contribution in [0, 0.1) is 0 Å². The number of benzene rings is 1. The normalized spacial score (nSPS) is 11.8. The second-order valence-electron chi connectivity index (χ2n) is 3.30. The summed E-state index contributed by atoms with van der Waals surface area (Å²) < 4.78 is 0.948. The van der Waals surface area contributed by atoms with Crippen LogP contribution in [0.15, 0.2) is 28.7 Å². The van der Waals surface area contributed by atoms with Gasteiger partial charge in [-0.2, -0.15) is 0 Å². The third-order valence-corrected chi connectivity index (χ3v) is 2.63. The van der Waals surface area contributed by atoms with E-state index in [0.717, 1.165) is 10.0 Å². The second-order valence-corrected chi connectivity index (χ2v) is 4.21. The van der Waals surface area contributed by atoms with Crippen LogP contribution >= 0.6 is 15.9 Å². The lowest BCUT2D eigenvalue weighted by molar-refractivity contribution is -0.138. The first kappa shape index (κ1) is 12.9. The Labute approximate surface area is 102 Å². The van der Waals surface area contributed by atoms with Crippen molar-refractivity contribution < 1.29 is 14.7 Å². The molecule has 1 rings (SSSR count). The topological polar surface area (TPSA) is 66.4 Å². The van der Waals surface area contributed by atoms with Gasteiger partial charge in [-0.15, -0.1) is 0 Å². The van der Waals surface area contributed by atoms with Crippen LogP contribution in [0.25, 0.3) is 0 Å². The van der Waals surface area contributed by atoms with E-state index in [9.17, 15) is 9.59 Å². The average Bonchev–Trinajstić information content (AvgIpc) is 2.26. The molecule has 0 aliphatic carbocycles. The summed E-state index contributed by atoms with van der Waals surface area (Å²) in [5, 5.41) is 11.6. The van der Waals surface area contributed by atoms with Crippen LogP contribution in [0.2, 0.25) is 0 Å². The maximum Gasteiger partial charge on any atom is 0.320 e. The first-order valence-electron chi connectivity index (χ1n) is 4.77. The van der Waals surface area contributed by atoms with Gasteiger partial charge in [0.1, 0.15) is 6.04 Å². The molecule has 1 aromatic carbocycles. The standard InChI is InChI=1S/C10H11BBrNO3/c12-8-3-1-7(2-4-8)5-9(10(15)16)13-11-6-14/h1-4,6,9,11,13H,5H2,(H,15,16)/t9-/m1/s1. The minimum atomic E-state index is -0.954. The van der Waals surface area contributed by atoms with E-state index in [2.05, 4.69) is 21.2 Å². The smallest absolute Gasteiger partial charge is 0.320 e. The molecule has 0 spiro atoms. The number of carbonyl (C=O) groups excluding carboxylic acids is 1. The molecular formula is C10H11BBrNO3. The molecule has 0 aliphatic heterocycles. The van der Waals surface area contributed by atoms with Gasteiger partial charge < -0.3 is 15.1 Å². The summed E-state index contributed by atoms with van der Waals surface area (Å²) in [6.45, 7) is 0. The number of carboxylic acid groups (broad SMARTS) is 1. The fourth-order valence-corrected chi connectivity index (χ4v) is 1.56. The highest BCUT2D eigenvalue weighted by Crippen LogP contribution is 2.11. The summed E-state index contributed by atoms with van der Waals surface area (Å²) in [5.41, 5.74) is 0.911. The number of carbonyl (C=O) groups is 2. The van der Waals surface area contributed by atoms with Gasteiger partial charge in [-0.3, -0.25) is 4.79 Å². The highest BCUT2D eigenvalue weighted by molar-refractivity contribution is 9.10. The van der Waals surface area contributed by atoms with Crippen molar-refractivity contribution >= 4 is 35.5 Å². The van der Waals surface area contributed by atoms with Gasteiger partial charge in [-0.25, -0.2) is 0 Å². The first-order valence-corrected chi connectivity index (χ1v) is 5.57. The monoisotopic (exact) mass is 283 g/mol. The zero-order valence-electron chi connectivity index (χ0n) is 8.52. The van der Waals surface area contributed by atoms with Gasteiger partial charge in [-0.05, 0) is 24.1 Å². The minimum absolute atomic E-state index is 0.0491. The van der Waals surface area contributed by atoms with E-state index in [-0.39, 0.29) is 7.41 Å². The number of hydrogen-bond donors (Lipinski definition) is 2. The zero-order chi connectivity index (χ0) is 12.0. The summed E-state index contributed by atoms with van der Waals surface area (Å²) in [6.07, 6.45) is 1.01. The Hall–Kier alpha value is -1.14. The fourth-order valence-electron chi connectivity index (χ4n) is 1.29. The maximum atomic E-state index is 10.9. The molecule has 0 aromatic heterocycles. The predicted molar refractivity (Wildman–Crippen MR) is 66.3 cm³/mol. The molecule has 0 bridgehead atoms. The van der Waals surface area contributed by atoms with E-state index in [1.807, 2.05) is 24.3 Å². The summed E-state index contributed by atoms with van der Waals surface area (Å²) in [5.74, 6) is -0.954. The highest BCUT2D eigenvalue weighted by atomic mass is 79.9. The largest absolute Gasteiger partial charge is 0.480 e. The van der Waals surface area contributed by atoms with Crippen molar-refractivity contribution in [1.82, 2.24) is 5.23 Å². The average molecular weight is 284 g/mol. The highest BCUT2D eigenvalue weighted by Gasteiger charge is 2.16. The van der Waals surface area contributed by atoms with Crippen LogP contribution in [-0.4, -0.2) is 30.7 Å². The number of hydrogen-bond acceptors (Lipinski definition) is 3. The van der Waals surface area contributed by atoms with Gasteiger partial charge in [0, 0.05) is 4.47 Å². The summed E-state index contributed by atoms with van der Waals surface area (Å²) in [4.78, 5) is 21.1. The lowest BCUT2D eigenvalue weighted by Crippen LogP contribution is -2.41. The van der Waals surface area contributed by atoms with Gasteiger partial charge in [0.15, 0.2) is 0 Å². The van der Waals surface area contributed by atoms with Crippen LogP contribution in [0.4, 0.5) is 0 Å². The molecule has 0 heterocycles. The van der Waals surface area contributed by atoms with Crippen LogP contribution in [-0.2, 0) is 16.0 Å². The molecule has 0 fully saturated rings. The second kappa shape index (κ2) is 6.45. The van der Waals surface area contributed by atoms with Crippen molar-refractivity contribution in [2.45, 2.75) is 12.5 Å². The molecule has 0 amide bonds. The molecule has 0 saturated heterocycles. The molecule has 84 valence electrons. The Kier molecular flexibility index (Phi) is 5.21. The number of rotatable bonds is 6. The summed E-state index contributed by atoms with van der Waals surface area (Å²) >= 11 is 3.30. The molecule has 0 unspecified atom stereocenters. The zero-order valence-corrected chi connectivity index (χ0v) is 10.1. The molecule has 0 saturated carbocycles. The number of aliphatic carboxylic acids is 1. The van der Waals surface area contributed by atoms with E-state index >= 15 is 0 Å². The predicted octanol–water partition coefficient (Wildman–Crippen LogP) is 0.576. The van der Waals surface area contributed by atoms with E-state index in [1.165, 1.54) is 0 Å². The minimum Gasteiger partial charge on any atom is -0.480 e. The van der Waals surface area contributed by atoms with E-state index < -0.39 is 12.0 Å². The number of nitrogens with one attached hydrogen (secondary N) is 1. The summed E-state index contributed by atoms with van der Waals surface area (Å²) in [6, 6.07) is 6.68. The lowest BCUT2D eigenvalue weighted by atomic mass is 9.94. The van der Waals surface area contributed by atoms with Crippen LogP contribution < -0.4 is 5.23 Å². The number of carboxylic acids is 1. The Balaban J connectivity index is 2.63. The lowest BCUT2D eigenvalue weighted by Gasteiger charge is -2.12. The van der Waals surface area contributed by atoms with Crippen molar-refractivity contribution in [1.29, 1.82) is 0 Å². The quantitative estimate of drug-likeness (QED) is 0.592. The Bertz CT molecular complexity index is 369. The molecule has 0 aliphatic rings. The molecule has 0 radical (unpaired) electrons. The van der Waals surface area contributed by atoms with Crippen LogP contribution in [0.3, 0.4) is 0 Å². The summed E-state index contributed by atoms with van der Waals surface area (Å²) in [7, 11) is 0.0491. The van der Waals surface area contributed by atoms with Crippen LogP contribution in [0.1, 0.15) is 5.56 Å². The van der Waals surface area contributed by atoms with E-state index in [1.54, 1.807) is 0 Å². The maximum absolute atomic E-state index is 10.9. The Morgan fingerprint density at radius 2 is 2.12 bits per heavy atom. The fraction of sp³-hybridized carbons (Fsp3) is 0.200. The third-order valence-electron chi connectivity index (χ3n) is 2.10. The van der Waals surface area contributed by atoms with Gasteiger partial charge in [-0.1, -0.05) is 28.1 Å². The molecule has 16 heavy (non-hydrogen) atoms. The van der Waals surface area contributed by atoms with Crippen molar-refractivity contribution in [3.8, 4) is 0 Å². The van der Waals surface area contributed by atoms with Crippen molar-refractivity contribution in [3.05, 3.63) is 34.3 Å².